The molecule has 0 radical (unpaired) electrons. The molecular weight excluding hydrogens is 481 g/mol. The molecule has 0 spiro atoms. The fourth-order valence-corrected chi connectivity index (χ4v) is 3.96. The zero-order valence-corrected chi connectivity index (χ0v) is 19.7. The Morgan fingerprint density at radius 2 is 1.68 bits per heavy atom. The third-order valence-electron chi connectivity index (χ3n) is 5.80. The van der Waals surface area contributed by atoms with Crippen molar-refractivity contribution in [2.75, 3.05) is 7.11 Å². The van der Waals surface area contributed by atoms with Crippen LogP contribution in [0.15, 0.2) is 91.0 Å². The lowest BCUT2D eigenvalue weighted by molar-refractivity contribution is -0.137. The summed E-state index contributed by atoms with van der Waals surface area (Å²) in [6.45, 7) is -0.0847. The lowest BCUT2D eigenvalue weighted by atomic mass is 10.1. The van der Waals surface area contributed by atoms with Crippen molar-refractivity contribution in [1.82, 2.24) is 19.9 Å². The SMILES string of the molecule is COc1cccc(-c2cc(C(=O)NCc3cccc(C(F)(F)F)c3)nc3cc(-c4ccccc4)nn23)c1. The van der Waals surface area contributed by atoms with Gasteiger partial charge in [-0.3, -0.25) is 4.79 Å². The number of fused-ring (bicyclic) bond motifs is 1. The number of methoxy groups -OCH3 is 1. The van der Waals surface area contributed by atoms with Gasteiger partial charge in [0.2, 0.25) is 0 Å². The van der Waals surface area contributed by atoms with Gasteiger partial charge in [0.15, 0.2) is 5.65 Å². The number of nitrogens with zero attached hydrogens (tertiary/aromatic N) is 3. The summed E-state index contributed by atoms with van der Waals surface area (Å²) in [5, 5.41) is 7.39. The molecule has 0 saturated carbocycles. The number of aromatic nitrogens is 3. The first-order valence-corrected chi connectivity index (χ1v) is 11.4. The number of ether oxygens (including phenoxy) is 1. The molecule has 3 aromatic carbocycles. The van der Waals surface area contributed by atoms with Crippen LogP contribution in [0.3, 0.4) is 0 Å². The maximum atomic E-state index is 13.1. The summed E-state index contributed by atoms with van der Waals surface area (Å²) >= 11 is 0. The minimum absolute atomic E-state index is 0.0847. The lowest BCUT2D eigenvalue weighted by Crippen LogP contribution is -2.24. The first-order chi connectivity index (χ1) is 17.8. The Morgan fingerprint density at radius 1 is 0.919 bits per heavy atom. The zero-order chi connectivity index (χ0) is 26.0. The molecule has 0 saturated heterocycles. The molecule has 5 aromatic rings. The summed E-state index contributed by atoms with van der Waals surface area (Å²) in [5.74, 6) is 0.111. The van der Waals surface area contributed by atoms with Crippen molar-refractivity contribution < 1.29 is 22.7 Å². The monoisotopic (exact) mass is 502 g/mol. The highest BCUT2D eigenvalue weighted by atomic mass is 19.4. The Balaban J connectivity index is 1.52. The smallest absolute Gasteiger partial charge is 0.416 e. The van der Waals surface area contributed by atoms with Crippen LogP contribution in [0.1, 0.15) is 21.6 Å². The third-order valence-corrected chi connectivity index (χ3v) is 5.80. The first-order valence-electron chi connectivity index (χ1n) is 11.4. The molecule has 1 N–H and O–H groups in total. The summed E-state index contributed by atoms with van der Waals surface area (Å²) < 4.78 is 46.2. The van der Waals surface area contributed by atoms with Crippen molar-refractivity contribution in [1.29, 1.82) is 0 Å². The summed E-state index contributed by atoms with van der Waals surface area (Å²) in [6, 6.07) is 25.1. The van der Waals surface area contributed by atoms with Gasteiger partial charge in [-0.05, 0) is 35.9 Å². The number of amides is 1. The van der Waals surface area contributed by atoms with Gasteiger partial charge in [-0.2, -0.15) is 18.3 Å². The van der Waals surface area contributed by atoms with E-state index < -0.39 is 17.6 Å². The van der Waals surface area contributed by atoms with Crippen LogP contribution in [0, 0.1) is 0 Å². The molecule has 0 aliphatic carbocycles. The highest BCUT2D eigenvalue weighted by molar-refractivity contribution is 5.94. The predicted octanol–water partition coefficient (Wildman–Crippen LogP) is 6.02. The van der Waals surface area contributed by atoms with Crippen molar-refractivity contribution in [2.45, 2.75) is 12.7 Å². The van der Waals surface area contributed by atoms with Crippen LogP contribution in [0.5, 0.6) is 5.75 Å². The van der Waals surface area contributed by atoms with E-state index >= 15 is 0 Å². The van der Waals surface area contributed by atoms with Crippen LogP contribution in [-0.4, -0.2) is 27.6 Å². The Bertz CT molecular complexity index is 1580. The molecular formula is C28H21F3N4O2. The van der Waals surface area contributed by atoms with Crippen molar-refractivity contribution in [3.8, 4) is 28.3 Å². The third kappa shape index (κ3) is 5.16. The van der Waals surface area contributed by atoms with Gasteiger partial charge in [0.25, 0.3) is 5.91 Å². The molecule has 0 atom stereocenters. The Labute approximate surface area is 210 Å². The molecule has 0 unspecified atom stereocenters. The van der Waals surface area contributed by atoms with E-state index in [-0.39, 0.29) is 12.2 Å². The van der Waals surface area contributed by atoms with Gasteiger partial charge < -0.3 is 10.1 Å². The zero-order valence-electron chi connectivity index (χ0n) is 19.7. The van der Waals surface area contributed by atoms with Crippen LogP contribution < -0.4 is 10.1 Å². The van der Waals surface area contributed by atoms with E-state index in [0.29, 0.717) is 28.3 Å². The molecule has 2 aromatic heterocycles. The summed E-state index contributed by atoms with van der Waals surface area (Å²) in [4.78, 5) is 17.6. The predicted molar refractivity (Wildman–Crippen MR) is 133 cm³/mol. The van der Waals surface area contributed by atoms with Crippen LogP contribution >= 0.6 is 0 Å². The minimum Gasteiger partial charge on any atom is -0.497 e. The van der Waals surface area contributed by atoms with Gasteiger partial charge in [-0.1, -0.05) is 54.6 Å². The number of carbonyl (C=O) groups excluding carboxylic acids is 1. The van der Waals surface area contributed by atoms with Crippen molar-refractivity contribution in [3.05, 3.63) is 108 Å². The van der Waals surface area contributed by atoms with E-state index in [9.17, 15) is 18.0 Å². The first kappa shape index (κ1) is 24.1. The van der Waals surface area contributed by atoms with Crippen LogP contribution in [0.25, 0.3) is 28.2 Å². The fraction of sp³-hybridized carbons (Fsp3) is 0.107. The second-order valence-corrected chi connectivity index (χ2v) is 8.30. The van der Waals surface area contributed by atoms with E-state index in [1.165, 1.54) is 12.1 Å². The number of benzene rings is 3. The molecule has 2 heterocycles. The van der Waals surface area contributed by atoms with Crippen molar-refractivity contribution >= 4 is 11.6 Å². The number of alkyl halides is 3. The Kier molecular flexibility index (Phi) is 6.35. The van der Waals surface area contributed by atoms with E-state index in [4.69, 9.17) is 9.84 Å². The molecule has 0 bridgehead atoms. The van der Waals surface area contributed by atoms with Gasteiger partial charge in [-0.25, -0.2) is 9.50 Å². The maximum absolute atomic E-state index is 13.1. The fourth-order valence-electron chi connectivity index (χ4n) is 3.96. The number of hydrogen-bond donors (Lipinski definition) is 1. The molecule has 0 aliphatic rings. The van der Waals surface area contributed by atoms with E-state index in [1.54, 1.807) is 23.8 Å². The van der Waals surface area contributed by atoms with Gasteiger partial charge in [0.05, 0.1) is 24.1 Å². The van der Waals surface area contributed by atoms with Crippen LogP contribution in [0.2, 0.25) is 0 Å². The van der Waals surface area contributed by atoms with Gasteiger partial charge in [-0.15, -0.1) is 0 Å². The molecule has 186 valence electrons. The van der Waals surface area contributed by atoms with Gasteiger partial charge in [0.1, 0.15) is 11.4 Å². The Morgan fingerprint density at radius 3 is 2.43 bits per heavy atom. The van der Waals surface area contributed by atoms with Gasteiger partial charge in [0, 0.05) is 23.7 Å². The minimum atomic E-state index is -4.46. The quantitative estimate of drug-likeness (QED) is 0.308. The second kappa shape index (κ2) is 9.77. The normalized spacial score (nSPS) is 11.5. The number of nitrogens with one attached hydrogen (secondary N) is 1. The molecule has 5 rings (SSSR count). The van der Waals surface area contributed by atoms with Crippen molar-refractivity contribution in [3.63, 3.8) is 0 Å². The van der Waals surface area contributed by atoms with E-state index in [1.807, 2.05) is 54.6 Å². The summed E-state index contributed by atoms with van der Waals surface area (Å²) in [7, 11) is 1.56. The number of rotatable bonds is 6. The maximum Gasteiger partial charge on any atom is 0.416 e. The standard InChI is InChI=1S/C28H21F3N4O2/c1-37-22-12-6-10-20(14-22)25-15-24(27(36)32-17-18-7-5-11-21(13-18)28(29,30)31)33-26-16-23(34-35(25)26)19-8-3-2-4-9-19/h2-16H,17H2,1H3,(H,32,36). The van der Waals surface area contributed by atoms with Gasteiger partial charge >= 0.3 is 6.18 Å². The average Bonchev–Trinajstić information content (AvgIpc) is 3.36. The molecule has 9 heteroatoms. The number of carbonyl (C=O) groups is 1. The number of halogens is 3. The largest absolute Gasteiger partial charge is 0.497 e. The second-order valence-electron chi connectivity index (χ2n) is 8.30. The molecule has 6 nitrogen and oxygen atoms in total. The summed E-state index contributed by atoms with van der Waals surface area (Å²) in [6.07, 6.45) is -4.46. The summed E-state index contributed by atoms with van der Waals surface area (Å²) in [5.41, 5.74) is 3.04. The lowest BCUT2D eigenvalue weighted by Gasteiger charge is -2.11. The topological polar surface area (TPSA) is 68.5 Å². The highest BCUT2D eigenvalue weighted by Crippen LogP contribution is 2.30. The van der Waals surface area contributed by atoms with Crippen LogP contribution in [0.4, 0.5) is 13.2 Å². The van der Waals surface area contributed by atoms with E-state index in [0.717, 1.165) is 23.3 Å². The Hall–Kier alpha value is -4.66. The molecule has 1 amide bonds. The molecule has 0 aliphatic heterocycles. The highest BCUT2D eigenvalue weighted by Gasteiger charge is 2.30. The van der Waals surface area contributed by atoms with Crippen molar-refractivity contribution in [2.24, 2.45) is 0 Å². The van der Waals surface area contributed by atoms with E-state index in [2.05, 4.69) is 10.3 Å². The average molecular weight is 502 g/mol. The molecule has 0 fully saturated rings. The number of hydrogen-bond acceptors (Lipinski definition) is 4. The molecule has 37 heavy (non-hydrogen) atoms. The van der Waals surface area contributed by atoms with Crippen LogP contribution in [-0.2, 0) is 12.7 Å².